The Bertz CT molecular complexity index is 322. The van der Waals surface area contributed by atoms with Gasteiger partial charge in [-0.25, -0.2) is 0 Å². The highest BCUT2D eigenvalue weighted by molar-refractivity contribution is 6.04. The predicted octanol–water partition coefficient (Wildman–Crippen LogP) is 0.899. The van der Waals surface area contributed by atoms with Gasteiger partial charge in [-0.2, -0.15) is 5.06 Å². The number of carbonyl (C=O) groups excluding carboxylic acids is 2. The Morgan fingerprint density at radius 1 is 1.07 bits per heavy atom. The van der Waals surface area contributed by atoms with Crippen LogP contribution in [0.3, 0.4) is 0 Å². The van der Waals surface area contributed by atoms with Gasteiger partial charge in [0.25, 0.3) is 11.8 Å². The summed E-state index contributed by atoms with van der Waals surface area (Å²) in [5.41, 5.74) is 0. The van der Waals surface area contributed by atoms with Gasteiger partial charge in [0.1, 0.15) is 0 Å². The van der Waals surface area contributed by atoms with Crippen LogP contribution in [0, 0.1) is 35.5 Å². The molecule has 3 fully saturated rings. The first-order valence-electron chi connectivity index (χ1n) is 5.60. The van der Waals surface area contributed by atoms with E-state index < -0.39 is 0 Å². The number of hydrogen-bond donors (Lipinski definition) is 1. The molecule has 0 aromatic carbocycles. The molecular weight excluding hydrogens is 194 g/mol. The Hall–Kier alpha value is -0.900. The van der Waals surface area contributed by atoms with Gasteiger partial charge in [-0.05, 0) is 30.1 Å². The molecule has 3 aliphatic rings. The topological polar surface area (TPSA) is 57.6 Å². The van der Waals surface area contributed by atoms with Crippen molar-refractivity contribution >= 4 is 11.8 Å². The van der Waals surface area contributed by atoms with Crippen LogP contribution in [0.15, 0.2) is 0 Å². The molecule has 1 N–H and O–H groups in total. The number of amides is 2. The van der Waals surface area contributed by atoms with Crippen LogP contribution in [0.5, 0.6) is 0 Å². The third-order valence-electron chi connectivity index (χ3n) is 5.02. The number of carbonyl (C=O) groups is 2. The second kappa shape index (κ2) is 2.61. The van der Waals surface area contributed by atoms with Crippen LogP contribution in [-0.4, -0.2) is 22.1 Å². The molecule has 15 heavy (non-hydrogen) atoms. The van der Waals surface area contributed by atoms with Gasteiger partial charge in [-0.1, -0.05) is 13.8 Å². The molecule has 0 spiro atoms. The molecule has 2 amide bonds. The number of nitrogens with zero attached hydrogens (tertiary/aromatic N) is 1. The first-order valence-corrected chi connectivity index (χ1v) is 5.60. The van der Waals surface area contributed by atoms with Crippen molar-refractivity contribution < 1.29 is 14.8 Å². The molecule has 1 heterocycles. The van der Waals surface area contributed by atoms with E-state index in [1.165, 1.54) is 0 Å². The second-order valence-electron chi connectivity index (χ2n) is 5.32. The van der Waals surface area contributed by atoms with Crippen molar-refractivity contribution in [2.75, 3.05) is 0 Å². The maximum Gasteiger partial charge on any atom is 0.257 e. The first-order chi connectivity index (χ1) is 7.04. The minimum Gasteiger partial charge on any atom is -0.278 e. The monoisotopic (exact) mass is 209 g/mol. The SMILES string of the molecule is CC1C(C)C2CC1C1C(=O)N(O)C(=O)C21. The molecule has 0 aromatic rings. The van der Waals surface area contributed by atoms with E-state index >= 15 is 0 Å². The highest BCUT2D eigenvalue weighted by Gasteiger charge is 2.65. The zero-order valence-corrected chi connectivity index (χ0v) is 8.88. The summed E-state index contributed by atoms with van der Waals surface area (Å²) >= 11 is 0. The van der Waals surface area contributed by atoms with Gasteiger partial charge in [0.15, 0.2) is 0 Å². The molecule has 2 aliphatic carbocycles. The third kappa shape index (κ3) is 0.869. The molecule has 0 radical (unpaired) electrons. The summed E-state index contributed by atoms with van der Waals surface area (Å²) < 4.78 is 0. The summed E-state index contributed by atoms with van der Waals surface area (Å²) in [5, 5.41) is 9.70. The van der Waals surface area contributed by atoms with Crippen molar-refractivity contribution in [3.05, 3.63) is 0 Å². The Kier molecular flexibility index (Phi) is 1.63. The van der Waals surface area contributed by atoms with Crippen LogP contribution in [-0.2, 0) is 9.59 Å². The van der Waals surface area contributed by atoms with Crippen LogP contribution in [0.1, 0.15) is 20.3 Å². The van der Waals surface area contributed by atoms with Crippen molar-refractivity contribution in [3.63, 3.8) is 0 Å². The lowest BCUT2D eigenvalue weighted by Crippen LogP contribution is -2.34. The molecule has 6 atom stereocenters. The maximum absolute atomic E-state index is 11.7. The lowest BCUT2D eigenvalue weighted by molar-refractivity contribution is -0.174. The van der Waals surface area contributed by atoms with E-state index in [0.29, 0.717) is 28.7 Å². The normalized spacial score (nSPS) is 52.9. The summed E-state index contributed by atoms with van der Waals surface area (Å²) in [5.74, 6) is 0.441. The van der Waals surface area contributed by atoms with Crippen molar-refractivity contribution in [3.8, 4) is 0 Å². The van der Waals surface area contributed by atoms with E-state index in [0.717, 1.165) is 6.42 Å². The fraction of sp³-hybridized carbons (Fsp3) is 0.818. The summed E-state index contributed by atoms with van der Waals surface area (Å²) in [6, 6.07) is 0. The van der Waals surface area contributed by atoms with Gasteiger partial charge >= 0.3 is 0 Å². The lowest BCUT2D eigenvalue weighted by Gasteiger charge is -2.31. The number of rotatable bonds is 0. The molecule has 0 aromatic heterocycles. The van der Waals surface area contributed by atoms with Gasteiger partial charge in [-0.3, -0.25) is 14.8 Å². The number of fused-ring (bicyclic) bond motifs is 5. The highest BCUT2D eigenvalue weighted by atomic mass is 16.5. The smallest absolute Gasteiger partial charge is 0.257 e. The van der Waals surface area contributed by atoms with Gasteiger partial charge in [-0.15, -0.1) is 0 Å². The zero-order chi connectivity index (χ0) is 10.9. The molecule has 1 saturated heterocycles. The Labute approximate surface area is 88.2 Å². The van der Waals surface area contributed by atoms with E-state index in [-0.39, 0.29) is 23.7 Å². The summed E-state index contributed by atoms with van der Waals surface area (Å²) in [4.78, 5) is 23.4. The van der Waals surface area contributed by atoms with Gasteiger partial charge in [0, 0.05) is 0 Å². The predicted molar refractivity (Wildman–Crippen MR) is 50.5 cm³/mol. The largest absolute Gasteiger partial charge is 0.278 e. The van der Waals surface area contributed by atoms with Crippen LogP contribution >= 0.6 is 0 Å². The molecule has 4 nitrogen and oxygen atoms in total. The average molecular weight is 209 g/mol. The van der Waals surface area contributed by atoms with Gasteiger partial charge in [0.05, 0.1) is 11.8 Å². The molecule has 3 rings (SSSR count). The van der Waals surface area contributed by atoms with Crippen LogP contribution in [0.25, 0.3) is 0 Å². The number of imide groups is 1. The fourth-order valence-electron chi connectivity index (χ4n) is 4.07. The zero-order valence-electron chi connectivity index (χ0n) is 8.88. The van der Waals surface area contributed by atoms with E-state index in [1.807, 2.05) is 0 Å². The van der Waals surface area contributed by atoms with E-state index in [1.54, 1.807) is 0 Å². The fourth-order valence-corrected chi connectivity index (χ4v) is 4.07. The quantitative estimate of drug-likeness (QED) is 0.476. The molecule has 6 unspecified atom stereocenters. The van der Waals surface area contributed by atoms with Crippen LogP contribution in [0.4, 0.5) is 0 Å². The Balaban J connectivity index is 2.02. The standard InChI is InChI=1S/C11H15NO3/c1-4-5(2)7-3-6(4)8-9(7)11(14)12(15)10(8)13/h4-9,15H,3H2,1-2H3. The minimum atomic E-state index is -0.365. The molecular formula is C11H15NO3. The number of hydroxylamine groups is 2. The summed E-state index contributed by atoms with van der Waals surface area (Å²) in [6.07, 6.45) is 0.989. The second-order valence-corrected chi connectivity index (χ2v) is 5.32. The van der Waals surface area contributed by atoms with E-state index in [4.69, 9.17) is 0 Å². The molecule has 1 aliphatic heterocycles. The summed E-state index contributed by atoms with van der Waals surface area (Å²) in [6.45, 7) is 4.31. The number of hydrogen-bond acceptors (Lipinski definition) is 3. The molecule has 2 bridgehead atoms. The van der Waals surface area contributed by atoms with E-state index in [2.05, 4.69) is 13.8 Å². The van der Waals surface area contributed by atoms with Crippen LogP contribution in [0.2, 0.25) is 0 Å². The molecule has 82 valence electrons. The molecule has 4 heteroatoms. The van der Waals surface area contributed by atoms with Crippen molar-refractivity contribution in [1.29, 1.82) is 0 Å². The highest BCUT2D eigenvalue weighted by Crippen LogP contribution is 2.60. The Morgan fingerprint density at radius 3 is 1.87 bits per heavy atom. The van der Waals surface area contributed by atoms with Gasteiger partial charge < -0.3 is 0 Å². The summed E-state index contributed by atoms with van der Waals surface area (Å²) in [7, 11) is 0. The minimum absolute atomic E-state index is 0.223. The first kappa shape index (κ1) is 9.33. The maximum atomic E-state index is 11.7. The average Bonchev–Trinajstić information content (AvgIpc) is 2.79. The Morgan fingerprint density at radius 2 is 1.47 bits per heavy atom. The third-order valence-corrected chi connectivity index (χ3v) is 5.02. The lowest BCUT2D eigenvalue weighted by atomic mass is 9.70. The van der Waals surface area contributed by atoms with Crippen molar-refractivity contribution in [1.82, 2.24) is 5.06 Å². The van der Waals surface area contributed by atoms with Gasteiger partial charge in [0.2, 0.25) is 0 Å². The van der Waals surface area contributed by atoms with Crippen molar-refractivity contribution in [2.45, 2.75) is 20.3 Å². The molecule has 2 saturated carbocycles. The van der Waals surface area contributed by atoms with E-state index in [9.17, 15) is 14.8 Å². The van der Waals surface area contributed by atoms with Crippen molar-refractivity contribution in [2.24, 2.45) is 35.5 Å². The van der Waals surface area contributed by atoms with Crippen LogP contribution < -0.4 is 0 Å².